The lowest BCUT2D eigenvalue weighted by molar-refractivity contribution is -0.137. The molecule has 0 spiro atoms. The second-order valence-electron chi connectivity index (χ2n) is 7.36. The van der Waals surface area contributed by atoms with E-state index >= 15 is 0 Å². The van der Waals surface area contributed by atoms with E-state index in [-0.39, 0.29) is 11.6 Å². The maximum atomic E-state index is 13.1. The number of alkyl halides is 3. The van der Waals surface area contributed by atoms with Gasteiger partial charge in [-0.05, 0) is 23.8 Å². The third kappa shape index (κ3) is 5.03. The molecule has 1 amide bonds. The molecule has 31 heavy (non-hydrogen) atoms. The molecule has 2 aromatic carbocycles. The van der Waals surface area contributed by atoms with Crippen LogP contribution in [-0.2, 0) is 10.9 Å². The molecular formula is C23H22F3N3O2. The number of para-hydroxylation sites is 1. The molecule has 1 aromatic heterocycles. The van der Waals surface area contributed by atoms with Crippen molar-refractivity contribution in [3.63, 3.8) is 0 Å². The van der Waals surface area contributed by atoms with Crippen molar-refractivity contribution in [1.29, 1.82) is 0 Å². The lowest BCUT2D eigenvalue weighted by Crippen LogP contribution is -2.41. The van der Waals surface area contributed by atoms with Crippen LogP contribution in [-0.4, -0.2) is 55.2 Å². The molecule has 0 saturated carbocycles. The van der Waals surface area contributed by atoms with E-state index in [1.54, 1.807) is 30.3 Å². The molecule has 0 radical (unpaired) electrons. The van der Waals surface area contributed by atoms with E-state index in [0.717, 1.165) is 37.2 Å². The summed E-state index contributed by atoms with van der Waals surface area (Å²) < 4.78 is 44.7. The summed E-state index contributed by atoms with van der Waals surface area (Å²) >= 11 is 0. The minimum Gasteiger partial charge on any atom is -0.379 e. The Bertz CT molecular complexity index is 1080. The topological polar surface area (TPSA) is 54.5 Å². The minimum atomic E-state index is -4.43. The zero-order valence-electron chi connectivity index (χ0n) is 16.8. The number of halogens is 3. The number of morpholine rings is 1. The van der Waals surface area contributed by atoms with Crippen molar-refractivity contribution in [1.82, 2.24) is 15.2 Å². The Morgan fingerprint density at radius 3 is 2.61 bits per heavy atom. The van der Waals surface area contributed by atoms with Crippen molar-refractivity contribution < 1.29 is 22.7 Å². The number of rotatable bonds is 5. The fraction of sp³-hybridized carbons (Fsp3) is 0.304. The van der Waals surface area contributed by atoms with Crippen molar-refractivity contribution in [2.75, 3.05) is 39.4 Å². The van der Waals surface area contributed by atoms with Crippen LogP contribution in [0.2, 0.25) is 0 Å². The lowest BCUT2D eigenvalue weighted by atomic mass is 9.99. The molecule has 8 heteroatoms. The number of aromatic nitrogens is 1. The first kappa shape index (κ1) is 21.3. The fourth-order valence-corrected chi connectivity index (χ4v) is 3.61. The van der Waals surface area contributed by atoms with E-state index in [4.69, 9.17) is 4.74 Å². The van der Waals surface area contributed by atoms with Crippen molar-refractivity contribution in [3.05, 3.63) is 65.9 Å². The van der Waals surface area contributed by atoms with Crippen LogP contribution < -0.4 is 5.32 Å². The molecule has 1 saturated heterocycles. The van der Waals surface area contributed by atoms with Gasteiger partial charge in [-0.1, -0.05) is 36.4 Å². The highest BCUT2D eigenvalue weighted by Crippen LogP contribution is 2.34. The summed E-state index contributed by atoms with van der Waals surface area (Å²) in [5, 5.41) is 3.62. The quantitative estimate of drug-likeness (QED) is 0.667. The number of nitrogens with one attached hydrogen (secondary N) is 1. The van der Waals surface area contributed by atoms with Crippen LogP contribution >= 0.6 is 0 Å². The van der Waals surface area contributed by atoms with Gasteiger partial charge in [0.2, 0.25) is 0 Å². The van der Waals surface area contributed by atoms with E-state index in [9.17, 15) is 18.0 Å². The van der Waals surface area contributed by atoms with E-state index in [1.165, 1.54) is 6.07 Å². The summed E-state index contributed by atoms with van der Waals surface area (Å²) in [5.74, 6) is -0.311. The third-order valence-electron chi connectivity index (χ3n) is 5.27. The smallest absolute Gasteiger partial charge is 0.379 e. The summed E-state index contributed by atoms with van der Waals surface area (Å²) in [6, 6.07) is 13.8. The molecule has 5 nitrogen and oxygen atoms in total. The van der Waals surface area contributed by atoms with Crippen LogP contribution in [0, 0.1) is 0 Å². The largest absolute Gasteiger partial charge is 0.416 e. The summed E-state index contributed by atoms with van der Waals surface area (Å²) in [5.41, 5.74) is 0.944. The zero-order valence-corrected chi connectivity index (χ0v) is 16.8. The van der Waals surface area contributed by atoms with Crippen molar-refractivity contribution >= 4 is 16.8 Å². The Hall–Kier alpha value is -2.97. The number of pyridine rings is 1. The van der Waals surface area contributed by atoms with Gasteiger partial charge in [-0.25, -0.2) is 4.98 Å². The average molecular weight is 429 g/mol. The molecule has 4 rings (SSSR count). The Morgan fingerprint density at radius 1 is 1.06 bits per heavy atom. The molecule has 162 valence electrons. The number of benzene rings is 2. The number of hydrogen-bond acceptors (Lipinski definition) is 4. The third-order valence-corrected chi connectivity index (χ3v) is 5.27. The van der Waals surface area contributed by atoms with Gasteiger partial charge < -0.3 is 10.1 Å². The van der Waals surface area contributed by atoms with Gasteiger partial charge in [0.05, 0.1) is 24.3 Å². The molecular weight excluding hydrogens is 407 g/mol. The molecule has 0 unspecified atom stereocenters. The number of carbonyl (C=O) groups is 1. The van der Waals surface area contributed by atoms with Gasteiger partial charge in [-0.3, -0.25) is 9.69 Å². The average Bonchev–Trinajstić information content (AvgIpc) is 2.78. The van der Waals surface area contributed by atoms with Crippen LogP contribution in [0.25, 0.3) is 22.0 Å². The molecule has 0 aliphatic carbocycles. The highest BCUT2D eigenvalue weighted by atomic mass is 19.4. The van der Waals surface area contributed by atoms with E-state index in [1.807, 2.05) is 6.07 Å². The van der Waals surface area contributed by atoms with Gasteiger partial charge in [-0.15, -0.1) is 0 Å². The molecule has 0 atom stereocenters. The van der Waals surface area contributed by atoms with E-state index in [0.29, 0.717) is 36.4 Å². The number of carbonyl (C=O) groups excluding carboxylic acids is 1. The predicted molar refractivity (Wildman–Crippen MR) is 112 cm³/mol. The predicted octanol–water partition coefficient (Wildman–Crippen LogP) is 3.98. The fourth-order valence-electron chi connectivity index (χ4n) is 3.61. The maximum Gasteiger partial charge on any atom is 0.416 e. The minimum absolute atomic E-state index is 0.230. The van der Waals surface area contributed by atoms with Crippen LogP contribution in [0.5, 0.6) is 0 Å². The first-order chi connectivity index (χ1) is 14.9. The zero-order chi connectivity index (χ0) is 21.8. The Labute approximate surface area is 177 Å². The van der Waals surface area contributed by atoms with Gasteiger partial charge in [-0.2, -0.15) is 13.2 Å². The highest BCUT2D eigenvalue weighted by Gasteiger charge is 2.30. The number of nitrogens with zero attached hydrogens (tertiary/aromatic N) is 2. The van der Waals surface area contributed by atoms with Crippen molar-refractivity contribution in [2.24, 2.45) is 0 Å². The van der Waals surface area contributed by atoms with Crippen LogP contribution in [0.3, 0.4) is 0 Å². The SMILES string of the molecule is O=C(NCCN1CCOCC1)c1ccc2cccc(-c3cccc(C(F)(F)F)c3)c2n1. The standard InChI is InChI=1S/C23H22F3N3O2/c24-23(25,26)18-5-1-4-17(15-18)19-6-2-3-16-7-8-20(28-21(16)19)22(30)27-9-10-29-11-13-31-14-12-29/h1-8,15H,9-14H2,(H,27,30). The Morgan fingerprint density at radius 2 is 1.84 bits per heavy atom. The normalized spacial score (nSPS) is 15.2. The number of hydrogen-bond donors (Lipinski definition) is 1. The monoisotopic (exact) mass is 429 g/mol. The van der Waals surface area contributed by atoms with Gasteiger partial charge >= 0.3 is 6.18 Å². The second-order valence-corrected chi connectivity index (χ2v) is 7.36. The Kier molecular flexibility index (Phi) is 6.20. The molecule has 1 aliphatic rings. The Balaban J connectivity index is 1.56. The molecule has 0 bridgehead atoms. The summed E-state index contributed by atoms with van der Waals surface area (Å²) in [4.78, 5) is 19.3. The van der Waals surface area contributed by atoms with E-state index < -0.39 is 11.7 Å². The van der Waals surface area contributed by atoms with Crippen molar-refractivity contribution in [2.45, 2.75) is 6.18 Å². The number of amides is 1. The molecule has 2 heterocycles. The van der Waals surface area contributed by atoms with Crippen LogP contribution in [0.4, 0.5) is 13.2 Å². The van der Waals surface area contributed by atoms with Crippen LogP contribution in [0.1, 0.15) is 16.1 Å². The lowest BCUT2D eigenvalue weighted by Gasteiger charge is -2.26. The van der Waals surface area contributed by atoms with Gasteiger partial charge in [0.25, 0.3) is 5.91 Å². The highest BCUT2D eigenvalue weighted by molar-refractivity contribution is 5.99. The second kappa shape index (κ2) is 9.03. The maximum absolute atomic E-state index is 13.1. The molecule has 3 aromatic rings. The summed E-state index contributed by atoms with van der Waals surface area (Å²) in [6.45, 7) is 4.26. The van der Waals surface area contributed by atoms with Gasteiger partial charge in [0.1, 0.15) is 5.69 Å². The van der Waals surface area contributed by atoms with E-state index in [2.05, 4.69) is 15.2 Å². The van der Waals surface area contributed by atoms with Crippen molar-refractivity contribution in [3.8, 4) is 11.1 Å². The first-order valence-corrected chi connectivity index (χ1v) is 10.1. The molecule has 1 aliphatic heterocycles. The van der Waals surface area contributed by atoms with Crippen LogP contribution in [0.15, 0.2) is 54.6 Å². The summed E-state index contributed by atoms with van der Waals surface area (Å²) in [7, 11) is 0. The molecule has 1 N–H and O–H groups in total. The van der Waals surface area contributed by atoms with Gasteiger partial charge in [0.15, 0.2) is 0 Å². The molecule has 1 fully saturated rings. The number of ether oxygens (including phenoxy) is 1. The summed E-state index contributed by atoms with van der Waals surface area (Å²) in [6.07, 6.45) is -4.43. The number of fused-ring (bicyclic) bond motifs is 1. The first-order valence-electron chi connectivity index (χ1n) is 10.1. The van der Waals surface area contributed by atoms with Gasteiger partial charge in [0, 0.05) is 37.1 Å².